The van der Waals surface area contributed by atoms with E-state index in [2.05, 4.69) is 15.6 Å². The van der Waals surface area contributed by atoms with Crippen molar-refractivity contribution in [3.8, 4) is 0 Å². The summed E-state index contributed by atoms with van der Waals surface area (Å²) in [6.07, 6.45) is 1.62. The van der Waals surface area contributed by atoms with Crippen LogP contribution in [0, 0.1) is 10.1 Å². The van der Waals surface area contributed by atoms with Gasteiger partial charge in [-0.15, -0.1) is 0 Å². The Balaban J connectivity index is 2.06. The minimum absolute atomic E-state index is 0.0118. The molecule has 2 heterocycles. The Hall–Kier alpha value is -2.54. The van der Waals surface area contributed by atoms with E-state index in [1.54, 1.807) is 30.5 Å². The van der Waals surface area contributed by atoms with E-state index in [0.29, 0.717) is 16.5 Å². The summed E-state index contributed by atoms with van der Waals surface area (Å²) in [6.45, 7) is 1.93. The molecule has 0 saturated carbocycles. The Morgan fingerprint density at radius 2 is 2.24 bits per heavy atom. The van der Waals surface area contributed by atoms with Gasteiger partial charge in [0.15, 0.2) is 0 Å². The minimum atomic E-state index is -0.403. The first kappa shape index (κ1) is 13.4. The zero-order valence-corrected chi connectivity index (χ0v) is 12.0. The summed E-state index contributed by atoms with van der Waals surface area (Å²) in [4.78, 5) is 15.7. The summed E-state index contributed by atoms with van der Waals surface area (Å²) in [7, 11) is 0. The van der Waals surface area contributed by atoms with Gasteiger partial charge in [0.1, 0.15) is 11.5 Å². The molecule has 0 fully saturated rings. The highest BCUT2D eigenvalue weighted by Gasteiger charge is 2.28. The molecule has 0 aliphatic carbocycles. The molecule has 0 saturated heterocycles. The minimum Gasteiger partial charge on any atom is -0.349 e. The Morgan fingerprint density at radius 3 is 2.90 bits per heavy atom. The second-order valence-corrected chi connectivity index (χ2v) is 5.20. The van der Waals surface area contributed by atoms with E-state index in [1.165, 1.54) is 0 Å². The number of fused-ring (bicyclic) bond motifs is 1. The van der Waals surface area contributed by atoms with Gasteiger partial charge in [0.2, 0.25) is 0 Å². The lowest BCUT2D eigenvalue weighted by Gasteiger charge is -2.09. The highest BCUT2D eigenvalue weighted by Crippen LogP contribution is 2.40. The van der Waals surface area contributed by atoms with Crippen molar-refractivity contribution in [2.24, 2.45) is 0 Å². The van der Waals surface area contributed by atoms with Crippen molar-refractivity contribution in [1.29, 1.82) is 0 Å². The molecule has 3 rings (SSSR count). The summed E-state index contributed by atoms with van der Waals surface area (Å²) in [5.41, 5.74) is 2.05. The molecule has 1 atom stereocenters. The van der Waals surface area contributed by atoms with Crippen molar-refractivity contribution in [2.45, 2.75) is 12.8 Å². The molecule has 0 radical (unpaired) electrons. The highest BCUT2D eigenvalue weighted by atomic mass is 32.1. The van der Waals surface area contributed by atoms with Crippen molar-refractivity contribution in [3.63, 3.8) is 0 Å². The van der Waals surface area contributed by atoms with Crippen LogP contribution in [-0.4, -0.2) is 14.9 Å². The van der Waals surface area contributed by atoms with Crippen LogP contribution < -0.4 is 10.6 Å². The Labute approximate surface area is 126 Å². The molecule has 21 heavy (non-hydrogen) atoms. The number of aromatic nitrogens is 1. The summed E-state index contributed by atoms with van der Waals surface area (Å²) < 4.78 is 0. The number of hydrogen-bond donors (Lipinski definition) is 2. The lowest BCUT2D eigenvalue weighted by atomic mass is 10.0. The maximum absolute atomic E-state index is 11.3. The van der Waals surface area contributed by atoms with E-state index in [1.807, 2.05) is 13.0 Å². The fourth-order valence-electron chi connectivity index (χ4n) is 2.28. The Bertz CT molecular complexity index is 733. The number of nitro groups is 1. The zero-order valence-electron chi connectivity index (χ0n) is 11.2. The summed E-state index contributed by atoms with van der Waals surface area (Å²) in [5, 5.41) is 17.4. The molecule has 7 heteroatoms. The first-order valence-electron chi connectivity index (χ1n) is 6.37. The van der Waals surface area contributed by atoms with Crippen LogP contribution in [0.1, 0.15) is 18.4 Å². The highest BCUT2D eigenvalue weighted by molar-refractivity contribution is 7.80. The smallest absolute Gasteiger partial charge is 0.293 e. The molecule has 2 N–H and O–H groups in total. The maximum atomic E-state index is 11.3. The first-order chi connectivity index (χ1) is 10.1. The standard InChI is InChI=1S/C14H12N4O2S/c1-8-9-6-12(18(19)20)11(7-10(9)17-14(8)21)16-13-4-2-3-5-15-13/h2-8H,1H3,(H,15,16)(H,17,21). The monoisotopic (exact) mass is 300 g/mol. The van der Waals surface area contributed by atoms with Gasteiger partial charge in [0.25, 0.3) is 5.69 Å². The van der Waals surface area contributed by atoms with Crippen molar-refractivity contribution in [3.05, 3.63) is 52.2 Å². The van der Waals surface area contributed by atoms with Crippen LogP contribution in [0.2, 0.25) is 0 Å². The van der Waals surface area contributed by atoms with Crippen LogP contribution in [0.5, 0.6) is 0 Å². The lowest BCUT2D eigenvalue weighted by Crippen LogP contribution is -2.05. The van der Waals surface area contributed by atoms with E-state index >= 15 is 0 Å². The second kappa shape index (κ2) is 5.10. The van der Waals surface area contributed by atoms with Gasteiger partial charge in [-0.2, -0.15) is 0 Å². The van der Waals surface area contributed by atoms with Gasteiger partial charge < -0.3 is 10.6 Å². The van der Waals surface area contributed by atoms with E-state index in [0.717, 1.165) is 11.3 Å². The predicted molar refractivity (Wildman–Crippen MR) is 85.3 cm³/mol. The van der Waals surface area contributed by atoms with Gasteiger partial charge in [0.05, 0.1) is 9.91 Å². The molecule has 0 bridgehead atoms. The van der Waals surface area contributed by atoms with Crippen LogP contribution >= 0.6 is 12.2 Å². The van der Waals surface area contributed by atoms with Gasteiger partial charge in [0, 0.05) is 23.9 Å². The van der Waals surface area contributed by atoms with E-state index in [-0.39, 0.29) is 11.6 Å². The van der Waals surface area contributed by atoms with Crippen molar-refractivity contribution in [1.82, 2.24) is 4.98 Å². The maximum Gasteiger partial charge on any atom is 0.293 e. The SMILES string of the molecule is CC1C(=S)Nc2cc(Nc3ccccn3)c([N+](=O)[O-])cc21. The van der Waals surface area contributed by atoms with Crippen LogP contribution in [-0.2, 0) is 0 Å². The van der Waals surface area contributed by atoms with E-state index < -0.39 is 4.92 Å². The van der Waals surface area contributed by atoms with Gasteiger partial charge in [-0.05, 0) is 23.8 Å². The lowest BCUT2D eigenvalue weighted by molar-refractivity contribution is -0.384. The quantitative estimate of drug-likeness (QED) is 0.512. The number of nitrogens with one attached hydrogen (secondary N) is 2. The molecule has 1 aromatic heterocycles. The molecule has 1 aliphatic rings. The normalized spacial score (nSPS) is 16.2. The predicted octanol–water partition coefficient (Wildman–Crippen LogP) is 3.59. The molecular weight excluding hydrogens is 288 g/mol. The average molecular weight is 300 g/mol. The van der Waals surface area contributed by atoms with Gasteiger partial charge in [-0.1, -0.05) is 25.2 Å². The van der Waals surface area contributed by atoms with E-state index in [4.69, 9.17) is 12.2 Å². The third-order valence-electron chi connectivity index (χ3n) is 3.41. The van der Waals surface area contributed by atoms with Gasteiger partial charge >= 0.3 is 0 Å². The number of rotatable bonds is 3. The first-order valence-corrected chi connectivity index (χ1v) is 6.78. The molecule has 0 amide bonds. The Kier molecular flexibility index (Phi) is 3.26. The fourth-order valence-corrected chi connectivity index (χ4v) is 2.52. The Morgan fingerprint density at radius 1 is 1.43 bits per heavy atom. The third-order valence-corrected chi connectivity index (χ3v) is 3.87. The number of nitrogens with zero attached hydrogens (tertiary/aromatic N) is 2. The van der Waals surface area contributed by atoms with Crippen LogP contribution in [0.4, 0.5) is 22.9 Å². The average Bonchev–Trinajstić information content (AvgIpc) is 2.74. The van der Waals surface area contributed by atoms with Crippen LogP contribution in [0.25, 0.3) is 0 Å². The number of thiocarbonyl (C=S) groups is 1. The molecule has 1 aliphatic heterocycles. The molecule has 1 aromatic carbocycles. The number of nitro benzene ring substituents is 1. The molecule has 6 nitrogen and oxygen atoms in total. The number of hydrogen-bond acceptors (Lipinski definition) is 5. The molecule has 2 aromatic rings. The van der Waals surface area contributed by atoms with Crippen molar-refractivity contribution < 1.29 is 4.92 Å². The summed E-state index contributed by atoms with van der Waals surface area (Å²) in [5.74, 6) is 0.534. The molecule has 1 unspecified atom stereocenters. The molecule has 0 spiro atoms. The van der Waals surface area contributed by atoms with Crippen molar-refractivity contribution in [2.75, 3.05) is 10.6 Å². The number of pyridine rings is 1. The molecule has 106 valence electrons. The van der Waals surface area contributed by atoms with Gasteiger partial charge in [-0.25, -0.2) is 4.98 Å². The topological polar surface area (TPSA) is 80.1 Å². The number of benzene rings is 1. The fraction of sp³-hybridized carbons (Fsp3) is 0.143. The van der Waals surface area contributed by atoms with Crippen molar-refractivity contribution >= 4 is 40.1 Å². The second-order valence-electron chi connectivity index (χ2n) is 4.76. The zero-order chi connectivity index (χ0) is 15.0. The van der Waals surface area contributed by atoms with Crippen LogP contribution in [0.3, 0.4) is 0 Å². The van der Waals surface area contributed by atoms with Gasteiger partial charge in [-0.3, -0.25) is 10.1 Å². The van der Waals surface area contributed by atoms with E-state index in [9.17, 15) is 10.1 Å². The summed E-state index contributed by atoms with van der Waals surface area (Å²) in [6, 6.07) is 8.61. The largest absolute Gasteiger partial charge is 0.349 e. The number of anilines is 3. The van der Waals surface area contributed by atoms with Crippen LogP contribution in [0.15, 0.2) is 36.5 Å². The molecular formula is C14H12N4O2S. The summed E-state index contributed by atoms with van der Waals surface area (Å²) >= 11 is 5.21. The third kappa shape index (κ3) is 2.43.